The van der Waals surface area contributed by atoms with Gasteiger partial charge in [0.25, 0.3) is 5.91 Å². The number of carbonyl (C=O) groups is 1. The van der Waals surface area contributed by atoms with E-state index in [1.54, 1.807) is 28.5 Å². The summed E-state index contributed by atoms with van der Waals surface area (Å²) in [6, 6.07) is 14.0. The maximum Gasteiger partial charge on any atom is 0.273 e. The fourth-order valence-corrected chi connectivity index (χ4v) is 3.76. The molecule has 0 unspecified atom stereocenters. The van der Waals surface area contributed by atoms with Gasteiger partial charge in [-0.15, -0.1) is 11.3 Å². The van der Waals surface area contributed by atoms with Crippen LogP contribution < -0.4 is 0 Å². The Morgan fingerprint density at radius 2 is 2.00 bits per heavy atom. The van der Waals surface area contributed by atoms with E-state index < -0.39 is 0 Å². The van der Waals surface area contributed by atoms with Crippen LogP contribution in [0.15, 0.2) is 53.9 Å². The van der Waals surface area contributed by atoms with Gasteiger partial charge in [-0.2, -0.15) is 0 Å². The predicted octanol–water partition coefficient (Wildman–Crippen LogP) is 5.41. The van der Waals surface area contributed by atoms with Crippen molar-refractivity contribution in [1.82, 2.24) is 9.88 Å². The number of halogens is 2. The van der Waals surface area contributed by atoms with Gasteiger partial charge < -0.3 is 4.90 Å². The Labute approximate surface area is 160 Å². The molecule has 1 aliphatic rings. The molecule has 4 rings (SSSR count). The number of amides is 1. The molecule has 0 spiro atoms. The minimum Gasteiger partial charge on any atom is -0.330 e. The molecule has 0 radical (unpaired) electrons. The van der Waals surface area contributed by atoms with Crippen molar-refractivity contribution in [3.8, 4) is 10.6 Å². The summed E-state index contributed by atoms with van der Waals surface area (Å²) in [6.07, 6.45) is 1.96. The van der Waals surface area contributed by atoms with Crippen molar-refractivity contribution < 1.29 is 9.18 Å². The fraction of sp³-hybridized carbons (Fsp3) is 0.200. The summed E-state index contributed by atoms with van der Waals surface area (Å²) < 4.78 is 13.5. The molecule has 1 aliphatic carbocycles. The van der Waals surface area contributed by atoms with Gasteiger partial charge in [-0.3, -0.25) is 4.79 Å². The number of aromatic nitrogens is 1. The first kappa shape index (κ1) is 17.2. The molecule has 1 aromatic heterocycles. The van der Waals surface area contributed by atoms with Gasteiger partial charge in [0.2, 0.25) is 0 Å². The third kappa shape index (κ3) is 3.79. The summed E-state index contributed by atoms with van der Waals surface area (Å²) in [6.45, 7) is 0.398. The lowest BCUT2D eigenvalue weighted by atomic mass is 10.2. The highest BCUT2D eigenvalue weighted by Gasteiger charge is 2.34. The summed E-state index contributed by atoms with van der Waals surface area (Å²) in [5, 5.41) is 3.23. The van der Waals surface area contributed by atoms with Crippen LogP contribution >= 0.6 is 22.9 Å². The summed E-state index contributed by atoms with van der Waals surface area (Å²) in [7, 11) is 0. The molecule has 0 bridgehead atoms. The van der Waals surface area contributed by atoms with Crippen LogP contribution in [-0.2, 0) is 6.54 Å². The molecule has 0 aliphatic heterocycles. The van der Waals surface area contributed by atoms with Crippen LogP contribution in [0, 0.1) is 5.82 Å². The Hall–Kier alpha value is -2.24. The SMILES string of the molecule is O=C(c1csc(-c2ccc(Cl)cc2)n1)N(Cc1cccc(F)c1)C1CC1. The maximum absolute atomic E-state index is 13.5. The second kappa shape index (κ2) is 7.17. The van der Waals surface area contributed by atoms with Crippen molar-refractivity contribution in [3.63, 3.8) is 0 Å². The van der Waals surface area contributed by atoms with Gasteiger partial charge >= 0.3 is 0 Å². The molecular weight excluding hydrogens is 371 g/mol. The number of nitrogens with zero attached hydrogens (tertiary/aromatic N) is 2. The summed E-state index contributed by atoms with van der Waals surface area (Å²) in [5.41, 5.74) is 2.16. The van der Waals surface area contributed by atoms with Crippen molar-refractivity contribution in [2.45, 2.75) is 25.4 Å². The third-order valence-corrected chi connectivity index (χ3v) is 5.45. The Balaban J connectivity index is 1.56. The first-order chi connectivity index (χ1) is 12.6. The highest BCUT2D eigenvalue weighted by Crippen LogP contribution is 2.31. The second-order valence-electron chi connectivity index (χ2n) is 6.34. The van der Waals surface area contributed by atoms with Crippen molar-refractivity contribution in [2.75, 3.05) is 0 Å². The summed E-state index contributed by atoms with van der Waals surface area (Å²) in [4.78, 5) is 19.3. The lowest BCUT2D eigenvalue weighted by molar-refractivity contribution is 0.0724. The van der Waals surface area contributed by atoms with Crippen LogP contribution in [0.2, 0.25) is 5.02 Å². The largest absolute Gasteiger partial charge is 0.330 e. The van der Waals surface area contributed by atoms with E-state index in [0.717, 1.165) is 29.0 Å². The number of hydrogen-bond acceptors (Lipinski definition) is 3. The number of carbonyl (C=O) groups excluding carboxylic acids is 1. The number of rotatable bonds is 5. The maximum atomic E-state index is 13.5. The zero-order chi connectivity index (χ0) is 18.1. The van der Waals surface area contributed by atoms with Crippen LogP contribution in [0.3, 0.4) is 0 Å². The van der Waals surface area contributed by atoms with Gasteiger partial charge in [-0.1, -0.05) is 35.9 Å². The molecule has 1 fully saturated rings. The zero-order valence-corrected chi connectivity index (χ0v) is 15.4. The van der Waals surface area contributed by atoms with Gasteiger partial charge in [0.05, 0.1) is 0 Å². The van der Waals surface area contributed by atoms with Gasteiger partial charge in [-0.25, -0.2) is 9.37 Å². The van der Waals surface area contributed by atoms with E-state index in [1.807, 2.05) is 18.2 Å². The highest BCUT2D eigenvalue weighted by molar-refractivity contribution is 7.13. The molecule has 26 heavy (non-hydrogen) atoms. The molecule has 1 heterocycles. The van der Waals surface area contributed by atoms with Crippen LogP contribution in [0.5, 0.6) is 0 Å². The zero-order valence-electron chi connectivity index (χ0n) is 13.9. The fourth-order valence-electron chi connectivity index (χ4n) is 2.83. The Morgan fingerprint density at radius 3 is 2.69 bits per heavy atom. The smallest absolute Gasteiger partial charge is 0.273 e. The minimum absolute atomic E-state index is 0.103. The lowest BCUT2D eigenvalue weighted by Gasteiger charge is -2.21. The highest BCUT2D eigenvalue weighted by atomic mass is 35.5. The molecule has 3 aromatic rings. The first-order valence-electron chi connectivity index (χ1n) is 8.37. The molecule has 2 aromatic carbocycles. The quantitative estimate of drug-likeness (QED) is 0.587. The van der Waals surface area contributed by atoms with Gasteiger partial charge in [0.1, 0.15) is 16.5 Å². The van der Waals surface area contributed by atoms with E-state index in [0.29, 0.717) is 17.3 Å². The molecule has 0 saturated heterocycles. The topological polar surface area (TPSA) is 33.2 Å². The average Bonchev–Trinajstić information content (AvgIpc) is 3.36. The van der Waals surface area contributed by atoms with Crippen LogP contribution in [-0.4, -0.2) is 21.8 Å². The standard InChI is InChI=1S/C20H16ClFN2OS/c21-15-6-4-14(5-7-15)19-23-18(12-26-19)20(25)24(17-8-9-17)11-13-2-1-3-16(22)10-13/h1-7,10,12,17H,8-9,11H2. The number of hydrogen-bond donors (Lipinski definition) is 0. The normalized spacial score (nSPS) is 13.6. The molecule has 0 N–H and O–H groups in total. The van der Waals surface area contributed by atoms with Gasteiger partial charge in [-0.05, 0) is 42.7 Å². The van der Waals surface area contributed by atoms with E-state index in [4.69, 9.17) is 11.6 Å². The predicted molar refractivity (Wildman–Crippen MR) is 102 cm³/mol. The summed E-state index contributed by atoms with van der Waals surface area (Å²) in [5.74, 6) is -0.391. The van der Waals surface area contributed by atoms with Gasteiger partial charge in [0.15, 0.2) is 0 Å². The van der Waals surface area contributed by atoms with Gasteiger partial charge in [0, 0.05) is 28.6 Å². The van der Waals surface area contributed by atoms with E-state index >= 15 is 0 Å². The minimum atomic E-state index is -0.288. The van der Waals surface area contributed by atoms with Crippen LogP contribution in [0.25, 0.3) is 10.6 Å². The molecule has 1 amide bonds. The van der Waals surface area contributed by atoms with E-state index in [9.17, 15) is 9.18 Å². The van der Waals surface area contributed by atoms with Crippen molar-refractivity contribution in [2.24, 2.45) is 0 Å². The Kier molecular flexibility index (Phi) is 4.74. The molecule has 6 heteroatoms. The first-order valence-corrected chi connectivity index (χ1v) is 9.63. The Bertz CT molecular complexity index is 937. The molecule has 0 atom stereocenters. The monoisotopic (exact) mass is 386 g/mol. The van der Waals surface area contributed by atoms with Crippen molar-refractivity contribution >= 4 is 28.8 Å². The van der Waals surface area contributed by atoms with E-state index in [2.05, 4.69) is 4.98 Å². The molecule has 3 nitrogen and oxygen atoms in total. The van der Waals surface area contributed by atoms with Crippen LogP contribution in [0.4, 0.5) is 4.39 Å². The van der Waals surface area contributed by atoms with E-state index in [-0.39, 0.29) is 17.8 Å². The third-order valence-electron chi connectivity index (χ3n) is 4.30. The van der Waals surface area contributed by atoms with Crippen LogP contribution in [0.1, 0.15) is 28.9 Å². The average molecular weight is 387 g/mol. The molecule has 1 saturated carbocycles. The van der Waals surface area contributed by atoms with Crippen molar-refractivity contribution in [3.05, 3.63) is 76.0 Å². The summed E-state index contributed by atoms with van der Waals surface area (Å²) >= 11 is 7.36. The lowest BCUT2D eigenvalue weighted by Crippen LogP contribution is -2.32. The number of thiazole rings is 1. The van der Waals surface area contributed by atoms with E-state index in [1.165, 1.54) is 23.5 Å². The van der Waals surface area contributed by atoms with Crippen molar-refractivity contribution in [1.29, 1.82) is 0 Å². The molecular formula is C20H16ClFN2OS. The number of benzene rings is 2. The Morgan fingerprint density at radius 1 is 1.23 bits per heavy atom. The molecule has 132 valence electrons. The second-order valence-corrected chi connectivity index (χ2v) is 7.63.